The van der Waals surface area contributed by atoms with Gasteiger partial charge in [0.05, 0.1) is 0 Å². The Hall–Kier alpha value is -1.60. The molecule has 1 unspecified atom stereocenters. The van der Waals surface area contributed by atoms with E-state index in [4.69, 9.17) is 0 Å². The topological polar surface area (TPSA) is 12.0 Å². The van der Waals surface area contributed by atoms with Crippen LogP contribution in [0.1, 0.15) is 47.7 Å². The molecule has 20 heavy (non-hydrogen) atoms. The molecule has 0 aliphatic rings. The number of nitrogens with one attached hydrogen (secondary N) is 1. The third-order valence-electron chi connectivity index (χ3n) is 3.84. The average Bonchev–Trinajstić information content (AvgIpc) is 2.44. The third kappa shape index (κ3) is 3.71. The van der Waals surface area contributed by atoms with E-state index in [1.54, 1.807) is 0 Å². The van der Waals surface area contributed by atoms with Crippen LogP contribution in [-0.2, 0) is 13.0 Å². The molecule has 1 heteroatoms. The molecule has 2 aromatic rings. The second-order valence-corrected chi connectivity index (χ2v) is 5.65. The molecule has 2 aromatic carbocycles. The summed E-state index contributed by atoms with van der Waals surface area (Å²) in [5.74, 6) is 0. The van der Waals surface area contributed by atoms with Crippen LogP contribution >= 0.6 is 0 Å². The van der Waals surface area contributed by atoms with Crippen molar-refractivity contribution in [1.29, 1.82) is 0 Å². The molecule has 1 N–H and O–H groups in total. The zero-order valence-corrected chi connectivity index (χ0v) is 13.0. The Labute approximate surface area is 123 Å². The highest BCUT2D eigenvalue weighted by atomic mass is 14.9. The van der Waals surface area contributed by atoms with Crippen molar-refractivity contribution < 1.29 is 0 Å². The summed E-state index contributed by atoms with van der Waals surface area (Å²) in [4.78, 5) is 0. The molecule has 0 aliphatic carbocycles. The predicted octanol–water partition coefficient (Wildman–Crippen LogP) is 4.72. The van der Waals surface area contributed by atoms with E-state index in [9.17, 15) is 0 Å². The van der Waals surface area contributed by atoms with Gasteiger partial charge in [-0.15, -0.1) is 0 Å². The first-order chi connectivity index (χ1) is 9.60. The van der Waals surface area contributed by atoms with Crippen molar-refractivity contribution in [3.63, 3.8) is 0 Å². The van der Waals surface area contributed by atoms with E-state index in [1.807, 2.05) is 0 Å². The zero-order valence-electron chi connectivity index (χ0n) is 13.0. The van der Waals surface area contributed by atoms with E-state index < -0.39 is 0 Å². The van der Waals surface area contributed by atoms with Crippen LogP contribution in [0, 0.1) is 13.8 Å². The highest BCUT2D eigenvalue weighted by molar-refractivity contribution is 5.31. The molecule has 0 amide bonds. The molecule has 2 rings (SSSR count). The highest BCUT2D eigenvalue weighted by Gasteiger charge is 2.07. The summed E-state index contributed by atoms with van der Waals surface area (Å²) >= 11 is 0. The smallest absolute Gasteiger partial charge is 0.0295 e. The van der Waals surface area contributed by atoms with Crippen molar-refractivity contribution in [2.45, 2.75) is 46.7 Å². The van der Waals surface area contributed by atoms with Gasteiger partial charge in [0, 0.05) is 12.6 Å². The Morgan fingerprint density at radius 1 is 0.950 bits per heavy atom. The summed E-state index contributed by atoms with van der Waals surface area (Å²) in [7, 11) is 0. The Morgan fingerprint density at radius 3 is 2.15 bits per heavy atom. The van der Waals surface area contributed by atoms with Crippen molar-refractivity contribution in [3.8, 4) is 0 Å². The van der Waals surface area contributed by atoms with E-state index in [-0.39, 0.29) is 0 Å². The molecule has 0 fully saturated rings. The molecule has 106 valence electrons. The van der Waals surface area contributed by atoms with Gasteiger partial charge in [-0.25, -0.2) is 0 Å². The Kier molecular flexibility index (Phi) is 4.97. The van der Waals surface area contributed by atoms with Crippen LogP contribution in [0.15, 0.2) is 42.5 Å². The van der Waals surface area contributed by atoms with Crippen LogP contribution in [0.3, 0.4) is 0 Å². The van der Waals surface area contributed by atoms with Crippen LogP contribution in [0.2, 0.25) is 0 Å². The van der Waals surface area contributed by atoms with Crippen LogP contribution in [0.4, 0.5) is 0 Å². The fraction of sp³-hybridized carbons (Fsp3) is 0.368. The maximum Gasteiger partial charge on any atom is 0.0295 e. The van der Waals surface area contributed by atoms with Crippen LogP contribution in [0.25, 0.3) is 0 Å². The van der Waals surface area contributed by atoms with Crippen LogP contribution in [-0.4, -0.2) is 0 Å². The van der Waals surface area contributed by atoms with Gasteiger partial charge in [0.2, 0.25) is 0 Å². The molecule has 0 saturated carbocycles. The summed E-state index contributed by atoms with van der Waals surface area (Å²) in [5.41, 5.74) is 6.89. The fourth-order valence-corrected chi connectivity index (χ4v) is 2.72. The first-order valence-corrected chi connectivity index (χ1v) is 7.48. The molecule has 0 heterocycles. The number of rotatable bonds is 5. The van der Waals surface area contributed by atoms with Gasteiger partial charge >= 0.3 is 0 Å². The maximum atomic E-state index is 3.64. The standard InChI is InChI=1S/C19H25N/c1-5-17-8-6-7-9-18(17)13-20-16(4)19-11-14(2)10-15(3)12-19/h6-12,16,20H,5,13H2,1-4H3. The van der Waals surface area contributed by atoms with Gasteiger partial charge in [-0.3, -0.25) is 0 Å². The lowest BCUT2D eigenvalue weighted by Gasteiger charge is -2.17. The molecular formula is C19H25N. The van der Waals surface area contributed by atoms with Gasteiger partial charge in [0.15, 0.2) is 0 Å². The SMILES string of the molecule is CCc1ccccc1CNC(C)c1cc(C)cc(C)c1. The van der Waals surface area contributed by atoms with Crippen molar-refractivity contribution in [2.24, 2.45) is 0 Å². The highest BCUT2D eigenvalue weighted by Crippen LogP contribution is 2.18. The largest absolute Gasteiger partial charge is 0.306 e. The molecule has 0 aliphatic heterocycles. The molecule has 1 atom stereocenters. The summed E-state index contributed by atoms with van der Waals surface area (Å²) < 4.78 is 0. The average molecular weight is 267 g/mol. The molecule has 0 radical (unpaired) electrons. The van der Waals surface area contributed by atoms with E-state index in [2.05, 4.69) is 75.5 Å². The van der Waals surface area contributed by atoms with Gasteiger partial charge in [-0.05, 0) is 43.9 Å². The molecule has 0 saturated heterocycles. The number of hydrogen-bond donors (Lipinski definition) is 1. The zero-order chi connectivity index (χ0) is 14.5. The first-order valence-electron chi connectivity index (χ1n) is 7.48. The second-order valence-electron chi connectivity index (χ2n) is 5.65. The second kappa shape index (κ2) is 6.71. The summed E-state index contributed by atoms with van der Waals surface area (Å²) in [6.07, 6.45) is 1.09. The predicted molar refractivity (Wildman–Crippen MR) is 87.0 cm³/mol. The van der Waals surface area contributed by atoms with Crippen molar-refractivity contribution in [1.82, 2.24) is 5.32 Å². The third-order valence-corrected chi connectivity index (χ3v) is 3.84. The molecule has 1 nitrogen and oxygen atoms in total. The molecular weight excluding hydrogens is 242 g/mol. The molecule has 0 bridgehead atoms. The van der Waals surface area contributed by atoms with E-state index >= 15 is 0 Å². The van der Waals surface area contributed by atoms with E-state index in [1.165, 1.54) is 27.8 Å². The minimum absolute atomic E-state index is 0.374. The van der Waals surface area contributed by atoms with Gasteiger partial charge in [0.1, 0.15) is 0 Å². The van der Waals surface area contributed by atoms with Crippen molar-refractivity contribution >= 4 is 0 Å². The molecule has 0 aromatic heterocycles. The minimum atomic E-state index is 0.374. The van der Waals surface area contributed by atoms with Gasteiger partial charge in [0.25, 0.3) is 0 Å². The fourth-order valence-electron chi connectivity index (χ4n) is 2.72. The lowest BCUT2D eigenvalue weighted by molar-refractivity contribution is 0.572. The molecule has 0 spiro atoms. The lowest BCUT2D eigenvalue weighted by Crippen LogP contribution is -2.19. The number of hydrogen-bond acceptors (Lipinski definition) is 1. The Balaban J connectivity index is 2.06. The lowest BCUT2D eigenvalue weighted by atomic mass is 10.0. The normalized spacial score (nSPS) is 12.4. The maximum absolute atomic E-state index is 3.64. The first kappa shape index (κ1) is 14.8. The Bertz CT molecular complexity index is 551. The number of aryl methyl sites for hydroxylation is 3. The van der Waals surface area contributed by atoms with Crippen molar-refractivity contribution in [2.75, 3.05) is 0 Å². The van der Waals surface area contributed by atoms with Gasteiger partial charge in [-0.1, -0.05) is 60.5 Å². The minimum Gasteiger partial charge on any atom is -0.306 e. The monoisotopic (exact) mass is 267 g/mol. The van der Waals surface area contributed by atoms with Crippen LogP contribution < -0.4 is 5.32 Å². The van der Waals surface area contributed by atoms with E-state index in [0.29, 0.717) is 6.04 Å². The van der Waals surface area contributed by atoms with Crippen molar-refractivity contribution in [3.05, 3.63) is 70.3 Å². The Morgan fingerprint density at radius 2 is 1.55 bits per heavy atom. The van der Waals surface area contributed by atoms with E-state index in [0.717, 1.165) is 13.0 Å². The number of benzene rings is 2. The van der Waals surface area contributed by atoms with Gasteiger partial charge < -0.3 is 5.32 Å². The summed E-state index contributed by atoms with van der Waals surface area (Å²) in [6.45, 7) is 9.71. The van der Waals surface area contributed by atoms with Gasteiger partial charge in [-0.2, -0.15) is 0 Å². The summed E-state index contributed by atoms with van der Waals surface area (Å²) in [6, 6.07) is 15.8. The van der Waals surface area contributed by atoms with Crippen LogP contribution in [0.5, 0.6) is 0 Å². The summed E-state index contributed by atoms with van der Waals surface area (Å²) in [5, 5.41) is 3.64. The quantitative estimate of drug-likeness (QED) is 0.826.